The highest BCUT2D eigenvalue weighted by molar-refractivity contribution is 5.27. The van der Waals surface area contributed by atoms with Crippen molar-refractivity contribution in [2.45, 2.75) is 47.5 Å². The summed E-state index contributed by atoms with van der Waals surface area (Å²) in [5, 5.41) is 0. The number of hydrogen-bond acceptors (Lipinski definition) is 0. The molecule has 0 aliphatic heterocycles. The van der Waals surface area contributed by atoms with Crippen LogP contribution in [0.1, 0.15) is 45.2 Å². The summed E-state index contributed by atoms with van der Waals surface area (Å²) in [6.45, 7) is 11.1. The maximum Gasteiger partial charge on any atom is -0.00641 e. The Bertz CT molecular complexity index is 416. The maximum atomic E-state index is 2.30. The van der Waals surface area contributed by atoms with Gasteiger partial charge >= 0.3 is 0 Å². The predicted molar refractivity (Wildman–Crippen MR) is 81.9 cm³/mol. The van der Waals surface area contributed by atoms with E-state index >= 15 is 0 Å². The summed E-state index contributed by atoms with van der Waals surface area (Å²) < 4.78 is 0. The number of allylic oxidation sites excluding steroid dienone is 4. The van der Waals surface area contributed by atoms with Gasteiger partial charge in [0.2, 0.25) is 0 Å². The molecule has 1 rings (SSSR count). The molecule has 0 nitrogen and oxygen atoms in total. The average Bonchev–Trinajstić information content (AvgIpc) is 2.36. The van der Waals surface area contributed by atoms with Crippen molar-refractivity contribution in [2.24, 2.45) is 5.92 Å². The third-order valence-electron chi connectivity index (χ3n) is 3.50. The van der Waals surface area contributed by atoms with Crippen LogP contribution in [-0.2, 0) is 6.42 Å². The fourth-order valence-corrected chi connectivity index (χ4v) is 1.71. The van der Waals surface area contributed by atoms with E-state index in [-0.39, 0.29) is 0 Å². The summed E-state index contributed by atoms with van der Waals surface area (Å²) in [5.41, 5.74) is 5.68. The Labute approximate surface area is 112 Å². The molecule has 0 saturated carbocycles. The second-order valence-corrected chi connectivity index (χ2v) is 5.41. The zero-order valence-electron chi connectivity index (χ0n) is 12.5. The van der Waals surface area contributed by atoms with Gasteiger partial charge < -0.3 is 0 Å². The number of rotatable bonds is 5. The van der Waals surface area contributed by atoms with Gasteiger partial charge in [-0.3, -0.25) is 0 Å². The molecule has 0 bridgehead atoms. The molecule has 18 heavy (non-hydrogen) atoms. The van der Waals surface area contributed by atoms with E-state index in [1.165, 1.54) is 22.3 Å². The summed E-state index contributed by atoms with van der Waals surface area (Å²) >= 11 is 0. The zero-order chi connectivity index (χ0) is 13.5. The van der Waals surface area contributed by atoms with Crippen molar-refractivity contribution >= 4 is 0 Å². The highest BCUT2D eigenvalue weighted by Crippen LogP contribution is 2.14. The first-order valence-corrected chi connectivity index (χ1v) is 6.94. The molecule has 1 aromatic carbocycles. The minimum Gasteiger partial charge on any atom is -0.0708 e. The Hall–Kier alpha value is -1.30. The van der Waals surface area contributed by atoms with E-state index in [4.69, 9.17) is 0 Å². The Morgan fingerprint density at radius 1 is 1.11 bits per heavy atom. The largest absolute Gasteiger partial charge is 0.0708 e. The van der Waals surface area contributed by atoms with Crippen LogP contribution in [-0.4, -0.2) is 0 Å². The Balaban J connectivity index is 2.76. The van der Waals surface area contributed by atoms with Crippen LogP contribution in [0.2, 0.25) is 0 Å². The van der Waals surface area contributed by atoms with Crippen molar-refractivity contribution in [2.75, 3.05) is 0 Å². The molecule has 0 fully saturated rings. The summed E-state index contributed by atoms with van der Waals surface area (Å²) in [4.78, 5) is 0. The van der Waals surface area contributed by atoms with Gasteiger partial charge in [0.25, 0.3) is 0 Å². The first kappa shape index (κ1) is 14.8. The molecule has 0 unspecified atom stereocenters. The van der Waals surface area contributed by atoms with Crippen LogP contribution in [0.5, 0.6) is 0 Å². The van der Waals surface area contributed by atoms with Gasteiger partial charge in [-0.15, -0.1) is 0 Å². The quantitative estimate of drug-likeness (QED) is 0.600. The maximum absolute atomic E-state index is 2.30. The van der Waals surface area contributed by atoms with Gasteiger partial charge in [0.05, 0.1) is 0 Å². The van der Waals surface area contributed by atoms with Crippen molar-refractivity contribution in [3.63, 3.8) is 0 Å². The molecule has 98 valence electrons. The van der Waals surface area contributed by atoms with Gasteiger partial charge in [0.15, 0.2) is 0 Å². The SMILES string of the molecule is CC/C(=C\C=C(/C)C(C)C)Cc1ccc(C)cc1. The van der Waals surface area contributed by atoms with Crippen molar-refractivity contribution in [3.05, 3.63) is 58.7 Å². The minimum absolute atomic E-state index is 0.638. The van der Waals surface area contributed by atoms with Crippen LogP contribution in [0.3, 0.4) is 0 Å². The lowest BCUT2D eigenvalue weighted by Crippen LogP contribution is -1.91. The van der Waals surface area contributed by atoms with Crippen molar-refractivity contribution in [1.82, 2.24) is 0 Å². The van der Waals surface area contributed by atoms with Crippen LogP contribution < -0.4 is 0 Å². The third kappa shape index (κ3) is 4.91. The van der Waals surface area contributed by atoms with Crippen molar-refractivity contribution < 1.29 is 0 Å². The van der Waals surface area contributed by atoms with E-state index in [9.17, 15) is 0 Å². The smallest absolute Gasteiger partial charge is 0.00641 e. The first-order chi connectivity index (χ1) is 8.52. The van der Waals surface area contributed by atoms with Crippen LogP contribution in [0, 0.1) is 12.8 Å². The summed E-state index contributed by atoms with van der Waals surface area (Å²) in [6, 6.07) is 8.85. The van der Waals surface area contributed by atoms with Crippen molar-refractivity contribution in [1.29, 1.82) is 0 Å². The van der Waals surface area contributed by atoms with E-state index in [0.717, 1.165) is 12.8 Å². The fraction of sp³-hybridized carbons (Fsp3) is 0.444. The fourth-order valence-electron chi connectivity index (χ4n) is 1.71. The molecule has 0 aromatic heterocycles. The van der Waals surface area contributed by atoms with Crippen LogP contribution >= 0.6 is 0 Å². The molecule has 1 aromatic rings. The van der Waals surface area contributed by atoms with Crippen LogP contribution in [0.15, 0.2) is 47.6 Å². The standard InChI is InChI=1S/C18H26/c1-6-17(12-9-16(5)14(2)3)13-18-10-7-15(4)8-11-18/h7-12,14H,6,13H2,1-5H3/b16-9+,17-12+. The Morgan fingerprint density at radius 2 is 1.72 bits per heavy atom. The van der Waals surface area contributed by atoms with Gasteiger partial charge in [0.1, 0.15) is 0 Å². The molecule has 0 atom stereocenters. The summed E-state index contributed by atoms with van der Waals surface area (Å²) in [6.07, 6.45) is 6.77. The predicted octanol–water partition coefficient (Wildman–Crippen LogP) is 5.48. The van der Waals surface area contributed by atoms with E-state index in [0.29, 0.717) is 5.92 Å². The molecular weight excluding hydrogens is 216 g/mol. The molecular formula is C18H26. The summed E-state index contributed by atoms with van der Waals surface area (Å²) in [5.74, 6) is 0.638. The topological polar surface area (TPSA) is 0 Å². The third-order valence-corrected chi connectivity index (χ3v) is 3.50. The van der Waals surface area contributed by atoms with E-state index < -0.39 is 0 Å². The normalized spacial score (nSPS) is 13.2. The molecule has 0 aliphatic carbocycles. The van der Waals surface area contributed by atoms with E-state index in [1.54, 1.807) is 0 Å². The van der Waals surface area contributed by atoms with Gasteiger partial charge in [-0.2, -0.15) is 0 Å². The average molecular weight is 242 g/mol. The summed E-state index contributed by atoms with van der Waals surface area (Å²) in [7, 11) is 0. The molecule has 0 radical (unpaired) electrons. The van der Waals surface area contributed by atoms with Gasteiger partial charge in [-0.05, 0) is 38.2 Å². The molecule has 0 spiro atoms. The number of aryl methyl sites for hydroxylation is 1. The van der Waals surface area contributed by atoms with Gasteiger partial charge in [0, 0.05) is 0 Å². The highest BCUT2D eigenvalue weighted by Gasteiger charge is 1.98. The van der Waals surface area contributed by atoms with Crippen LogP contribution in [0.4, 0.5) is 0 Å². The Kier molecular flexibility index (Phi) is 5.91. The zero-order valence-corrected chi connectivity index (χ0v) is 12.5. The number of hydrogen-bond donors (Lipinski definition) is 0. The Morgan fingerprint density at radius 3 is 2.22 bits per heavy atom. The minimum atomic E-state index is 0.638. The van der Waals surface area contributed by atoms with Gasteiger partial charge in [-0.25, -0.2) is 0 Å². The highest BCUT2D eigenvalue weighted by atomic mass is 14.0. The second kappa shape index (κ2) is 7.20. The van der Waals surface area contributed by atoms with E-state index in [1.807, 2.05) is 0 Å². The lowest BCUT2D eigenvalue weighted by atomic mass is 9.99. The molecule has 0 amide bonds. The molecule has 0 aliphatic rings. The van der Waals surface area contributed by atoms with Crippen molar-refractivity contribution in [3.8, 4) is 0 Å². The lowest BCUT2D eigenvalue weighted by molar-refractivity contribution is 0.769. The first-order valence-electron chi connectivity index (χ1n) is 6.94. The molecule has 0 heteroatoms. The van der Waals surface area contributed by atoms with Gasteiger partial charge in [-0.1, -0.05) is 73.9 Å². The molecule has 0 heterocycles. The second-order valence-electron chi connectivity index (χ2n) is 5.41. The lowest BCUT2D eigenvalue weighted by Gasteiger charge is -2.06. The molecule has 0 N–H and O–H groups in total. The van der Waals surface area contributed by atoms with E-state index in [2.05, 4.69) is 71.0 Å². The number of benzene rings is 1. The molecule has 0 saturated heterocycles. The monoisotopic (exact) mass is 242 g/mol. The van der Waals surface area contributed by atoms with Crippen LogP contribution in [0.25, 0.3) is 0 Å².